The van der Waals surface area contributed by atoms with Crippen LogP contribution in [0, 0.1) is 0 Å². The Labute approximate surface area is 158 Å². The maximum atomic E-state index is 13.0. The molecule has 0 aliphatic carbocycles. The quantitative estimate of drug-likeness (QED) is 0.637. The van der Waals surface area contributed by atoms with Crippen LogP contribution in [0.4, 0.5) is 0 Å². The Bertz CT molecular complexity index is 1060. The predicted molar refractivity (Wildman–Crippen MR) is 102 cm³/mol. The number of para-hydroxylation sites is 1. The van der Waals surface area contributed by atoms with Gasteiger partial charge in [-0.05, 0) is 31.5 Å². The van der Waals surface area contributed by atoms with Gasteiger partial charge in [-0.25, -0.2) is 0 Å². The Balaban J connectivity index is 1.83. The summed E-state index contributed by atoms with van der Waals surface area (Å²) in [4.78, 5) is 13.0. The van der Waals surface area contributed by atoms with E-state index in [0.29, 0.717) is 33.8 Å². The summed E-state index contributed by atoms with van der Waals surface area (Å²) in [6.45, 7) is 3.44. The lowest BCUT2D eigenvalue weighted by atomic mass is 9.96. The summed E-state index contributed by atoms with van der Waals surface area (Å²) in [5.74, 6) is 0.702. The highest BCUT2D eigenvalue weighted by molar-refractivity contribution is 7.78. The van der Waals surface area contributed by atoms with Crippen molar-refractivity contribution in [2.45, 2.75) is 25.2 Å². The molecular formula is C21H17O5S-. The standard InChI is InChI=1S/C21H18O5S/c1-21(2)20(22)18(17-11-15-5-3-4-6-16(15)25-17)19(26-21)14-9-7-13(8-10-14)12-27(23)24/h3-11H,12H2,1-2H3,(H,23,24)/p-1. The Hall–Kier alpha value is -2.70. The lowest BCUT2D eigenvalue weighted by molar-refractivity contribution is -0.125. The molecule has 1 aliphatic heterocycles. The number of furan rings is 1. The van der Waals surface area contributed by atoms with E-state index < -0.39 is 16.7 Å². The van der Waals surface area contributed by atoms with E-state index in [0.717, 1.165) is 5.39 Å². The predicted octanol–water partition coefficient (Wildman–Crippen LogP) is 4.06. The van der Waals surface area contributed by atoms with Crippen molar-refractivity contribution in [3.05, 3.63) is 71.5 Å². The Morgan fingerprint density at radius 2 is 1.78 bits per heavy atom. The highest BCUT2D eigenvalue weighted by atomic mass is 32.2. The monoisotopic (exact) mass is 381 g/mol. The van der Waals surface area contributed by atoms with Gasteiger partial charge < -0.3 is 13.7 Å². The molecular weight excluding hydrogens is 364 g/mol. The maximum Gasteiger partial charge on any atom is 0.213 e. The van der Waals surface area contributed by atoms with Crippen LogP contribution in [-0.4, -0.2) is 20.1 Å². The first-order chi connectivity index (χ1) is 12.8. The van der Waals surface area contributed by atoms with Crippen LogP contribution in [-0.2, 0) is 26.4 Å². The van der Waals surface area contributed by atoms with Crippen molar-refractivity contribution in [3.8, 4) is 0 Å². The van der Waals surface area contributed by atoms with Gasteiger partial charge in [0, 0.05) is 16.7 Å². The van der Waals surface area contributed by atoms with Crippen molar-refractivity contribution in [2.24, 2.45) is 0 Å². The molecule has 0 fully saturated rings. The Kier molecular flexibility index (Phi) is 4.25. The number of carbonyl (C=O) groups is 1. The van der Waals surface area contributed by atoms with Crippen molar-refractivity contribution in [1.29, 1.82) is 0 Å². The van der Waals surface area contributed by atoms with Gasteiger partial charge in [0.15, 0.2) is 5.60 Å². The fraction of sp³-hybridized carbons (Fsp3) is 0.190. The molecule has 0 bridgehead atoms. The SMILES string of the molecule is CC1(C)OC(c2ccc(CS(=O)[O-])cc2)=C(c2cc3ccccc3o2)C1=O. The number of hydrogen-bond donors (Lipinski definition) is 0. The van der Waals surface area contributed by atoms with Crippen molar-refractivity contribution >= 4 is 39.2 Å². The lowest BCUT2D eigenvalue weighted by Crippen LogP contribution is -2.29. The van der Waals surface area contributed by atoms with Gasteiger partial charge in [-0.2, -0.15) is 0 Å². The van der Waals surface area contributed by atoms with Gasteiger partial charge in [0.25, 0.3) is 0 Å². The van der Waals surface area contributed by atoms with Crippen LogP contribution in [0.2, 0.25) is 0 Å². The van der Waals surface area contributed by atoms with E-state index in [2.05, 4.69) is 0 Å². The second kappa shape index (κ2) is 6.48. The maximum absolute atomic E-state index is 13.0. The molecule has 1 aliphatic rings. The molecule has 0 saturated heterocycles. The summed E-state index contributed by atoms with van der Waals surface area (Å²) in [7, 11) is 0. The van der Waals surface area contributed by atoms with Crippen LogP contribution in [0.25, 0.3) is 22.3 Å². The van der Waals surface area contributed by atoms with E-state index in [1.165, 1.54) is 0 Å². The molecule has 0 N–H and O–H groups in total. The van der Waals surface area contributed by atoms with E-state index in [1.54, 1.807) is 38.1 Å². The zero-order valence-electron chi connectivity index (χ0n) is 14.9. The molecule has 1 unspecified atom stereocenters. The molecule has 0 saturated carbocycles. The number of Topliss-reactive ketones (excluding diaryl/α,β-unsaturated/α-hetero) is 1. The van der Waals surface area contributed by atoms with Crippen molar-refractivity contribution in [1.82, 2.24) is 0 Å². The number of ether oxygens (including phenoxy) is 1. The highest BCUT2D eigenvalue weighted by Crippen LogP contribution is 2.42. The van der Waals surface area contributed by atoms with Gasteiger partial charge in [0.1, 0.15) is 22.7 Å². The number of ketones is 1. The van der Waals surface area contributed by atoms with E-state index >= 15 is 0 Å². The molecule has 0 amide bonds. The Morgan fingerprint density at radius 3 is 2.44 bits per heavy atom. The minimum Gasteiger partial charge on any atom is -0.772 e. The molecule has 27 heavy (non-hydrogen) atoms. The molecule has 5 nitrogen and oxygen atoms in total. The molecule has 0 radical (unpaired) electrons. The summed E-state index contributed by atoms with van der Waals surface area (Å²) < 4.78 is 33.6. The van der Waals surface area contributed by atoms with Gasteiger partial charge in [0.2, 0.25) is 5.78 Å². The van der Waals surface area contributed by atoms with Crippen molar-refractivity contribution in [2.75, 3.05) is 0 Å². The van der Waals surface area contributed by atoms with E-state index in [-0.39, 0.29) is 11.5 Å². The van der Waals surface area contributed by atoms with E-state index in [4.69, 9.17) is 9.15 Å². The van der Waals surface area contributed by atoms with Crippen molar-refractivity contribution in [3.63, 3.8) is 0 Å². The Morgan fingerprint density at radius 1 is 1.07 bits per heavy atom. The van der Waals surface area contributed by atoms with Gasteiger partial charge in [-0.1, -0.05) is 53.5 Å². The second-order valence-electron chi connectivity index (χ2n) is 6.94. The van der Waals surface area contributed by atoms with E-state index in [1.807, 2.05) is 30.3 Å². The average molecular weight is 381 g/mol. The molecule has 3 aromatic rings. The van der Waals surface area contributed by atoms with Gasteiger partial charge in [-0.15, -0.1) is 0 Å². The van der Waals surface area contributed by atoms with E-state index in [9.17, 15) is 13.6 Å². The molecule has 0 spiro atoms. The topological polar surface area (TPSA) is 79.6 Å². The zero-order valence-corrected chi connectivity index (χ0v) is 15.7. The number of rotatable bonds is 4. The normalized spacial score (nSPS) is 17.4. The lowest BCUT2D eigenvalue weighted by Gasteiger charge is -2.18. The number of hydrogen-bond acceptors (Lipinski definition) is 5. The van der Waals surface area contributed by atoms with Crippen LogP contribution in [0.5, 0.6) is 0 Å². The third kappa shape index (κ3) is 3.22. The van der Waals surface area contributed by atoms with Crippen LogP contribution in [0.15, 0.2) is 59.0 Å². The summed E-state index contributed by atoms with van der Waals surface area (Å²) in [6, 6.07) is 16.3. The van der Waals surface area contributed by atoms with Crippen LogP contribution in [0.3, 0.4) is 0 Å². The number of benzene rings is 2. The van der Waals surface area contributed by atoms with Gasteiger partial charge >= 0.3 is 0 Å². The molecule has 2 heterocycles. The first kappa shape index (κ1) is 17.7. The summed E-state index contributed by atoms with van der Waals surface area (Å²) >= 11 is -2.15. The third-order valence-electron chi connectivity index (χ3n) is 4.53. The first-order valence-corrected chi connectivity index (χ1v) is 9.72. The number of fused-ring (bicyclic) bond motifs is 1. The van der Waals surface area contributed by atoms with Crippen molar-refractivity contribution < 1.29 is 22.7 Å². The molecule has 1 aromatic heterocycles. The highest BCUT2D eigenvalue weighted by Gasteiger charge is 2.44. The molecule has 2 aromatic carbocycles. The molecule has 138 valence electrons. The smallest absolute Gasteiger partial charge is 0.213 e. The number of carbonyl (C=O) groups excluding carboxylic acids is 1. The molecule has 1 atom stereocenters. The summed E-state index contributed by atoms with van der Waals surface area (Å²) in [5, 5.41) is 0.908. The molecule has 6 heteroatoms. The minimum absolute atomic E-state index is 0.0545. The fourth-order valence-corrected chi connectivity index (χ4v) is 3.64. The minimum atomic E-state index is -2.15. The largest absolute Gasteiger partial charge is 0.772 e. The second-order valence-corrected chi connectivity index (χ2v) is 7.84. The third-order valence-corrected chi connectivity index (χ3v) is 5.10. The summed E-state index contributed by atoms with van der Waals surface area (Å²) in [5.41, 5.74) is 1.46. The average Bonchev–Trinajstić information content (AvgIpc) is 3.14. The molecule has 4 rings (SSSR count). The fourth-order valence-electron chi connectivity index (χ4n) is 3.18. The van der Waals surface area contributed by atoms with Gasteiger partial charge in [-0.3, -0.25) is 9.00 Å². The van der Waals surface area contributed by atoms with Gasteiger partial charge in [0.05, 0.1) is 0 Å². The van der Waals surface area contributed by atoms with Crippen LogP contribution < -0.4 is 0 Å². The first-order valence-electron chi connectivity index (χ1n) is 8.47. The summed E-state index contributed by atoms with van der Waals surface area (Å²) in [6.07, 6.45) is 0. The van der Waals surface area contributed by atoms with Crippen LogP contribution >= 0.6 is 0 Å². The van der Waals surface area contributed by atoms with Crippen LogP contribution in [0.1, 0.15) is 30.7 Å². The zero-order chi connectivity index (χ0) is 19.2.